The molecule has 2 rings (SSSR count). The molecule has 1 heterocycles. The van der Waals surface area contributed by atoms with Crippen LogP contribution < -0.4 is 4.31 Å². The number of hydrogen-bond acceptors (Lipinski definition) is 3. The highest BCUT2D eigenvalue weighted by atomic mass is 79.9. The summed E-state index contributed by atoms with van der Waals surface area (Å²) in [6.07, 6.45) is 1.54. The van der Waals surface area contributed by atoms with Crippen LogP contribution in [0.5, 0.6) is 0 Å². The van der Waals surface area contributed by atoms with E-state index in [1.54, 1.807) is 25.4 Å². The first-order valence-corrected chi connectivity index (χ1v) is 10.6. The Balaban J connectivity index is 2.76. The number of alkyl halides is 1. The van der Waals surface area contributed by atoms with E-state index in [9.17, 15) is 8.60 Å². The summed E-state index contributed by atoms with van der Waals surface area (Å²) in [5, 5.41) is 0.573. The average molecular weight is 414 g/mol. The van der Waals surface area contributed by atoms with Gasteiger partial charge in [-0.1, -0.05) is 29.8 Å². The van der Waals surface area contributed by atoms with Crippen LogP contribution in [0.4, 0.5) is 10.3 Å². The number of halogens is 2. The monoisotopic (exact) mass is 413 g/mol. The van der Waals surface area contributed by atoms with Gasteiger partial charge in [0, 0.05) is 39.5 Å². The van der Waals surface area contributed by atoms with Crippen molar-refractivity contribution in [3.63, 3.8) is 0 Å². The van der Waals surface area contributed by atoms with Crippen LogP contribution in [0.15, 0.2) is 24.3 Å². The van der Waals surface area contributed by atoms with Crippen LogP contribution in [-0.2, 0) is 15.0 Å². The molecular weight excluding hydrogens is 393 g/mol. The molecule has 130 valence electrons. The summed E-state index contributed by atoms with van der Waals surface area (Å²) in [6, 6.07) is 6.17. The molecule has 0 bridgehead atoms. The van der Waals surface area contributed by atoms with Crippen LogP contribution in [0.25, 0.3) is 11.3 Å². The quantitative estimate of drug-likeness (QED) is 0.549. The average Bonchev–Trinajstić information content (AvgIpc) is 2.52. The van der Waals surface area contributed by atoms with Gasteiger partial charge in [-0.25, -0.2) is 18.6 Å². The molecule has 1 atom stereocenters. The summed E-state index contributed by atoms with van der Waals surface area (Å²) in [5.41, 5.74) is 3.31. The van der Waals surface area contributed by atoms with Gasteiger partial charge in [0.25, 0.3) is 0 Å². The Kier molecular flexibility index (Phi) is 5.65. The van der Waals surface area contributed by atoms with E-state index in [2.05, 4.69) is 31.8 Å². The second kappa shape index (κ2) is 7.19. The van der Waals surface area contributed by atoms with Gasteiger partial charge in [0.2, 0.25) is 5.95 Å². The molecule has 0 aliphatic heterocycles. The third-order valence-electron chi connectivity index (χ3n) is 3.69. The maximum absolute atomic E-state index is 13.3. The number of hydrogen-bond donors (Lipinski definition) is 0. The topological polar surface area (TPSA) is 46.1 Å². The summed E-state index contributed by atoms with van der Waals surface area (Å²) in [7, 11) is -0.823. The minimum atomic E-state index is -2.49. The molecule has 0 aliphatic carbocycles. The van der Waals surface area contributed by atoms with Gasteiger partial charge in [0.1, 0.15) is 5.82 Å². The zero-order valence-corrected chi connectivity index (χ0v) is 16.6. The second-order valence-corrected chi connectivity index (χ2v) is 9.02. The Hall–Kier alpha value is -1.47. The molecule has 0 saturated carbocycles. The minimum absolute atomic E-state index is 0.157. The molecule has 24 heavy (non-hydrogen) atoms. The van der Waals surface area contributed by atoms with Crippen molar-refractivity contribution in [2.75, 3.05) is 17.6 Å². The lowest BCUT2D eigenvalue weighted by atomic mass is 10.00. The van der Waals surface area contributed by atoms with Crippen molar-refractivity contribution in [3.05, 3.63) is 41.3 Å². The van der Waals surface area contributed by atoms with E-state index in [-0.39, 0.29) is 11.7 Å². The molecule has 1 unspecified atom stereocenters. The van der Waals surface area contributed by atoms with E-state index in [1.807, 2.05) is 13.8 Å². The van der Waals surface area contributed by atoms with E-state index in [4.69, 9.17) is 0 Å². The van der Waals surface area contributed by atoms with E-state index in [1.165, 1.54) is 16.4 Å². The predicted molar refractivity (Wildman–Crippen MR) is 104 cm³/mol. The zero-order valence-electron chi connectivity index (χ0n) is 14.2. The van der Waals surface area contributed by atoms with E-state index in [0.717, 1.165) is 16.8 Å². The highest BCUT2D eigenvalue weighted by Gasteiger charge is 2.20. The molecule has 7 heteroatoms. The van der Waals surface area contributed by atoms with Gasteiger partial charge in [-0.05, 0) is 36.1 Å². The number of benzene rings is 1. The summed E-state index contributed by atoms with van der Waals surface area (Å²) >= 11 is 3.50. The third-order valence-corrected chi connectivity index (χ3v) is 5.57. The molecule has 0 saturated heterocycles. The standard InChI is InChI=1S/C17H21BrFN3OS/c1-11(2)15-14(10-18)16(12-6-8-13(19)9-7-12)21-17(20-15)22(3)24(4,5)23/h6-9,11H,4,10H2,1-3,5H3. The lowest BCUT2D eigenvalue weighted by Crippen LogP contribution is -2.27. The number of rotatable bonds is 5. The summed E-state index contributed by atoms with van der Waals surface area (Å²) in [5.74, 6) is 3.90. The SMILES string of the molecule is C=S(C)(=O)N(C)c1nc(-c2ccc(F)cc2)c(CBr)c(C(C)C)n1. The Labute approximate surface area is 151 Å². The van der Waals surface area contributed by atoms with Crippen molar-refractivity contribution in [1.82, 2.24) is 9.97 Å². The molecule has 1 aromatic carbocycles. The molecule has 0 N–H and O–H groups in total. The van der Waals surface area contributed by atoms with Gasteiger partial charge in [-0.15, -0.1) is 0 Å². The van der Waals surface area contributed by atoms with Gasteiger partial charge in [0.05, 0.1) is 11.4 Å². The predicted octanol–water partition coefficient (Wildman–Crippen LogP) is 4.00. The molecule has 0 amide bonds. The molecule has 0 radical (unpaired) electrons. The first-order chi connectivity index (χ1) is 11.1. The molecule has 4 nitrogen and oxygen atoms in total. The third kappa shape index (κ3) is 3.95. The van der Waals surface area contributed by atoms with Crippen molar-refractivity contribution in [1.29, 1.82) is 0 Å². The molecule has 0 spiro atoms. The Morgan fingerprint density at radius 3 is 2.33 bits per heavy atom. The molecular formula is C17H21BrFN3OS. The summed E-state index contributed by atoms with van der Waals surface area (Å²) in [4.78, 5) is 9.20. The fourth-order valence-electron chi connectivity index (χ4n) is 2.26. The van der Waals surface area contributed by atoms with E-state index in [0.29, 0.717) is 17.0 Å². The smallest absolute Gasteiger partial charge is 0.237 e. The molecule has 1 aromatic heterocycles. The summed E-state index contributed by atoms with van der Waals surface area (Å²) in [6.45, 7) is 4.08. The lowest BCUT2D eigenvalue weighted by molar-refractivity contribution is 0.628. The van der Waals surface area contributed by atoms with Gasteiger partial charge in [0.15, 0.2) is 0 Å². The Morgan fingerprint density at radius 1 is 1.29 bits per heavy atom. The number of nitrogens with zero attached hydrogens (tertiary/aromatic N) is 3. The molecule has 2 aromatic rings. The number of aromatic nitrogens is 2. The van der Waals surface area contributed by atoms with Crippen molar-refractivity contribution in [3.8, 4) is 11.3 Å². The van der Waals surface area contributed by atoms with Crippen molar-refractivity contribution < 1.29 is 8.60 Å². The van der Waals surface area contributed by atoms with Gasteiger partial charge in [-0.3, -0.25) is 4.31 Å². The minimum Gasteiger partial charge on any atom is -0.271 e. The highest BCUT2D eigenvalue weighted by molar-refractivity contribution is 9.08. The maximum Gasteiger partial charge on any atom is 0.237 e. The van der Waals surface area contributed by atoms with E-state index < -0.39 is 9.71 Å². The summed E-state index contributed by atoms with van der Waals surface area (Å²) < 4.78 is 27.0. The van der Waals surface area contributed by atoms with Crippen LogP contribution in [0.3, 0.4) is 0 Å². The maximum atomic E-state index is 13.3. The lowest BCUT2D eigenvalue weighted by Gasteiger charge is -2.23. The van der Waals surface area contributed by atoms with Gasteiger partial charge < -0.3 is 0 Å². The molecule has 0 fully saturated rings. The Bertz CT molecular complexity index is 836. The van der Waals surface area contributed by atoms with Gasteiger partial charge in [-0.2, -0.15) is 0 Å². The second-order valence-electron chi connectivity index (χ2n) is 5.99. The normalized spacial score (nSPS) is 13.8. The van der Waals surface area contributed by atoms with Crippen molar-refractivity contribution >= 4 is 37.5 Å². The van der Waals surface area contributed by atoms with Crippen LogP contribution in [0.2, 0.25) is 0 Å². The molecule has 0 aliphatic rings. The zero-order chi connectivity index (χ0) is 18.1. The van der Waals surface area contributed by atoms with Crippen LogP contribution in [0.1, 0.15) is 31.0 Å². The Morgan fingerprint density at radius 2 is 1.88 bits per heavy atom. The first kappa shape index (κ1) is 18.9. The van der Waals surface area contributed by atoms with Crippen LogP contribution >= 0.6 is 15.9 Å². The van der Waals surface area contributed by atoms with Crippen molar-refractivity contribution in [2.45, 2.75) is 25.1 Å². The fourth-order valence-corrected chi connectivity index (χ4v) is 3.24. The number of anilines is 1. The van der Waals surface area contributed by atoms with E-state index >= 15 is 0 Å². The fraction of sp³-hybridized carbons (Fsp3) is 0.353. The van der Waals surface area contributed by atoms with Crippen LogP contribution in [-0.4, -0.2) is 33.4 Å². The van der Waals surface area contributed by atoms with Gasteiger partial charge >= 0.3 is 0 Å². The largest absolute Gasteiger partial charge is 0.271 e. The first-order valence-electron chi connectivity index (χ1n) is 7.44. The van der Waals surface area contributed by atoms with Crippen LogP contribution in [0, 0.1) is 5.82 Å². The van der Waals surface area contributed by atoms with Crippen molar-refractivity contribution in [2.24, 2.45) is 0 Å². The highest BCUT2D eigenvalue weighted by Crippen LogP contribution is 2.31.